The average Bonchev–Trinajstić information content (AvgIpc) is 2.44. The molecular formula is C16H15ClO4. The molecule has 1 rings (SSSR count). The van der Waals surface area contributed by atoms with Gasteiger partial charge < -0.3 is 10.2 Å². The van der Waals surface area contributed by atoms with Crippen molar-refractivity contribution in [2.45, 2.75) is 13.8 Å². The minimum Gasteiger partial charge on any atom is -0.477 e. The molecule has 110 valence electrons. The average molecular weight is 307 g/mol. The summed E-state index contributed by atoms with van der Waals surface area (Å²) in [5.41, 5.74) is 1.35. The lowest BCUT2D eigenvalue weighted by atomic mass is 10.1. The second-order valence-electron chi connectivity index (χ2n) is 4.42. The van der Waals surface area contributed by atoms with Crippen molar-refractivity contribution in [1.29, 1.82) is 0 Å². The summed E-state index contributed by atoms with van der Waals surface area (Å²) >= 11 is 6.24. The summed E-state index contributed by atoms with van der Waals surface area (Å²) in [6.07, 6.45) is 2.74. The first-order valence-corrected chi connectivity index (χ1v) is 6.49. The predicted octanol–water partition coefficient (Wildman–Crippen LogP) is 3.70. The normalized spacial score (nSPS) is 12.4. The maximum absolute atomic E-state index is 10.8. The van der Waals surface area contributed by atoms with Crippen molar-refractivity contribution in [3.8, 4) is 0 Å². The van der Waals surface area contributed by atoms with Crippen molar-refractivity contribution in [2.75, 3.05) is 0 Å². The number of benzene rings is 1. The van der Waals surface area contributed by atoms with E-state index in [2.05, 4.69) is 0 Å². The van der Waals surface area contributed by atoms with Crippen LogP contribution in [0.4, 0.5) is 0 Å². The zero-order valence-electron chi connectivity index (χ0n) is 11.6. The van der Waals surface area contributed by atoms with E-state index in [1.807, 2.05) is 30.3 Å². The Hall–Kier alpha value is -2.33. The number of allylic oxidation sites excluding steroid dienone is 4. The van der Waals surface area contributed by atoms with Crippen LogP contribution in [0.15, 0.2) is 59.2 Å². The smallest absolute Gasteiger partial charge is 0.343 e. The molecule has 1 aromatic carbocycles. The Morgan fingerprint density at radius 1 is 1.00 bits per heavy atom. The van der Waals surface area contributed by atoms with E-state index < -0.39 is 17.5 Å². The Morgan fingerprint density at radius 2 is 1.52 bits per heavy atom. The van der Waals surface area contributed by atoms with Crippen LogP contribution in [0.25, 0.3) is 5.03 Å². The number of carboxylic acids is 2. The van der Waals surface area contributed by atoms with Crippen LogP contribution in [0.5, 0.6) is 0 Å². The van der Waals surface area contributed by atoms with Gasteiger partial charge in [0.2, 0.25) is 0 Å². The van der Waals surface area contributed by atoms with Gasteiger partial charge in [0.1, 0.15) is 5.57 Å². The van der Waals surface area contributed by atoms with E-state index in [4.69, 9.17) is 21.8 Å². The molecule has 4 nitrogen and oxygen atoms in total. The first-order valence-electron chi connectivity index (χ1n) is 6.11. The molecule has 5 heteroatoms. The van der Waals surface area contributed by atoms with E-state index in [1.165, 1.54) is 0 Å². The van der Waals surface area contributed by atoms with Gasteiger partial charge in [-0.3, -0.25) is 0 Å². The third-order valence-corrected chi connectivity index (χ3v) is 3.17. The second-order valence-corrected chi connectivity index (χ2v) is 4.80. The van der Waals surface area contributed by atoms with Gasteiger partial charge in [0, 0.05) is 0 Å². The van der Waals surface area contributed by atoms with Crippen LogP contribution >= 0.6 is 11.6 Å². The third kappa shape index (κ3) is 4.93. The third-order valence-electron chi connectivity index (χ3n) is 2.65. The molecule has 2 N–H and O–H groups in total. The molecule has 0 radical (unpaired) electrons. The number of hydrogen-bond donors (Lipinski definition) is 2. The van der Waals surface area contributed by atoms with E-state index >= 15 is 0 Å². The van der Waals surface area contributed by atoms with E-state index in [9.17, 15) is 9.59 Å². The van der Waals surface area contributed by atoms with Crippen molar-refractivity contribution >= 4 is 28.6 Å². The number of carbonyl (C=O) groups is 2. The highest BCUT2D eigenvalue weighted by molar-refractivity contribution is 6.49. The molecule has 0 amide bonds. The van der Waals surface area contributed by atoms with E-state index in [0.717, 1.165) is 11.6 Å². The number of aliphatic carboxylic acids is 2. The maximum Gasteiger partial charge on any atom is 0.343 e. The molecule has 0 saturated carbocycles. The lowest BCUT2D eigenvalue weighted by molar-refractivity contribution is -0.140. The van der Waals surface area contributed by atoms with Crippen molar-refractivity contribution in [2.24, 2.45) is 0 Å². The number of halogens is 1. The summed E-state index contributed by atoms with van der Waals surface area (Å²) < 4.78 is 0. The fourth-order valence-corrected chi connectivity index (χ4v) is 1.88. The monoisotopic (exact) mass is 306 g/mol. The Kier molecular flexibility index (Phi) is 5.93. The Balaban J connectivity index is 3.14. The molecule has 0 bridgehead atoms. The zero-order valence-corrected chi connectivity index (χ0v) is 12.4. The number of carboxylic acid groups (broad SMARTS) is 2. The topological polar surface area (TPSA) is 74.6 Å². The van der Waals surface area contributed by atoms with Gasteiger partial charge in [-0.2, -0.15) is 0 Å². The van der Waals surface area contributed by atoms with Crippen molar-refractivity contribution < 1.29 is 19.8 Å². The van der Waals surface area contributed by atoms with Gasteiger partial charge in [-0.1, -0.05) is 48.0 Å². The first-order chi connectivity index (χ1) is 9.82. The molecule has 0 fully saturated rings. The van der Waals surface area contributed by atoms with Gasteiger partial charge >= 0.3 is 11.9 Å². The van der Waals surface area contributed by atoms with Crippen LogP contribution in [0.2, 0.25) is 0 Å². The predicted molar refractivity (Wildman–Crippen MR) is 82.0 cm³/mol. The molecule has 0 spiro atoms. The molecule has 0 aliphatic rings. The molecule has 0 saturated heterocycles. The Bertz CT molecular complexity index is 624. The Morgan fingerprint density at radius 3 is 2.00 bits per heavy atom. The summed E-state index contributed by atoms with van der Waals surface area (Å²) in [4.78, 5) is 21.6. The van der Waals surface area contributed by atoms with Crippen molar-refractivity contribution in [3.63, 3.8) is 0 Å². The summed E-state index contributed by atoms with van der Waals surface area (Å²) in [5, 5.41) is 18.1. The van der Waals surface area contributed by atoms with Crippen LogP contribution < -0.4 is 0 Å². The molecule has 0 heterocycles. The van der Waals surface area contributed by atoms with Gasteiger partial charge in [0.25, 0.3) is 0 Å². The summed E-state index contributed by atoms with van der Waals surface area (Å²) in [6, 6.07) is 9.29. The molecule has 0 aromatic heterocycles. The standard InChI is InChI=1S/C16H15ClO4/c1-10(9-13(15(18)19)16(20)21)8-11(2)14(17)12-6-4-3-5-7-12/h3-9H,1-2H3,(H,18,19)(H,20,21)/b10-8+,14-11+. The zero-order chi connectivity index (χ0) is 16.0. The van der Waals surface area contributed by atoms with Crippen LogP contribution in [-0.2, 0) is 9.59 Å². The largest absolute Gasteiger partial charge is 0.477 e. The van der Waals surface area contributed by atoms with Gasteiger partial charge in [-0.25, -0.2) is 9.59 Å². The SMILES string of the molecule is C/C(C=C(C(=O)O)C(=O)O)=C\C(C)=C(\Cl)c1ccccc1. The fourth-order valence-electron chi connectivity index (χ4n) is 1.70. The van der Waals surface area contributed by atoms with Crippen LogP contribution in [0.1, 0.15) is 19.4 Å². The molecule has 0 aliphatic heterocycles. The molecular weight excluding hydrogens is 292 g/mol. The van der Waals surface area contributed by atoms with Crippen LogP contribution in [-0.4, -0.2) is 22.2 Å². The van der Waals surface area contributed by atoms with Gasteiger partial charge in [0.05, 0.1) is 5.03 Å². The second kappa shape index (κ2) is 7.45. The summed E-state index contributed by atoms with van der Waals surface area (Å²) in [6.45, 7) is 3.39. The quantitative estimate of drug-likeness (QED) is 0.376. The Labute approximate surface area is 127 Å². The molecule has 0 unspecified atom stereocenters. The van der Waals surface area contributed by atoms with Crippen LogP contribution in [0, 0.1) is 0 Å². The lowest BCUT2D eigenvalue weighted by Gasteiger charge is -2.03. The van der Waals surface area contributed by atoms with Crippen molar-refractivity contribution in [1.82, 2.24) is 0 Å². The number of hydrogen-bond acceptors (Lipinski definition) is 2. The van der Waals surface area contributed by atoms with Crippen molar-refractivity contribution in [3.05, 3.63) is 64.8 Å². The van der Waals surface area contributed by atoms with E-state index in [0.29, 0.717) is 16.2 Å². The maximum atomic E-state index is 10.8. The van der Waals surface area contributed by atoms with E-state index in [1.54, 1.807) is 19.9 Å². The first kappa shape index (κ1) is 16.7. The van der Waals surface area contributed by atoms with Gasteiger partial charge in [-0.05, 0) is 36.6 Å². The summed E-state index contributed by atoms with van der Waals surface area (Å²) in [7, 11) is 0. The minimum atomic E-state index is -1.48. The van der Waals surface area contributed by atoms with E-state index in [-0.39, 0.29) is 0 Å². The molecule has 21 heavy (non-hydrogen) atoms. The highest BCUT2D eigenvalue weighted by Crippen LogP contribution is 2.24. The molecule has 0 atom stereocenters. The highest BCUT2D eigenvalue weighted by Gasteiger charge is 2.15. The minimum absolute atomic E-state index is 0.487. The molecule has 1 aromatic rings. The highest BCUT2D eigenvalue weighted by atomic mass is 35.5. The fraction of sp³-hybridized carbons (Fsp3) is 0.125. The number of rotatable bonds is 5. The van der Waals surface area contributed by atoms with Gasteiger partial charge in [-0.15, -0.1) is 0 Å². The van der Waals surface area contributed by atoms with Gasteiger partial charge in [0.15, 0.2) is 0 Å². The summed E-state index contributed by atoms with van der Waals surface area (Å²) in [5.74, 6) is -2.96. The van der Waals surface area contributed by atoms with Crippen LogP contribution in [0.3, 0.4) is 0 Å². The lowest BCUT2D eigenvalue weighted by Crippen LogP contribution is -2.11. The molecule has 0 aliphatic carbocycles.